The predicted octanol–water partition coefficient (Wildman–Crippen LogP) is 1.64. The van der Waals surface area contributed by atoms with Crippen molar-refractivity contribution in [2.45, 2.75) is 31.1 Å². The highest BCUT2D eigenvalue weighted by Gasteiger charge is 2.35. The van der Waals surface area contributed by atoms with Gasteiger partial charge in [0.1, 0.15) is 0 Å². The lowest BCUT2D eigenvalue weighted by Gasteiger charge is -2.34. The minimum atomic E-state index is -3.53. The summed E-state index contributed by atoms with van der Waals surface area (Å²) in [7, 11) is -3.53. The van der Waals surface area contributed by atoms with Gasteiger partial charge in [0.15, 0.2) is 0 Å². The van der Waals surface area contributed by atoms with E-state index in [2.05, 4.69) is 5.32 Å². The zero-order valence-electron chi connectivity index (χ0n) is 15.2. The highest BCUT2D eigenvalue weighted by molar-refractivity contribution is 7.89. The molecule has 3 rings (SSSR count). The third-order valence-electron chi connectivity index (χ3n) is 5.04. The van der Waals surface area contributed by atoms with Gasteiger partial charge in [0.05, 0.1) is 10.8 Å². The van der Waals surface area contributed by atoms with Crippen molar-refractivity contribution in [1.29, 1.82) is 0 Å². The molecule has 2 aliphatic rings. The second-order valence-electron chi connectivity index (χ2n) is 6.94. The number of nitrogens with one attached hydrogen (secondary N) is 1. The lowest BCUT2D eigenvalue weighted by atomic mass is 9.98. The van der Waals surface area contributed by atoms with Gasteiger partial charge in [-0.2, -0.15) is 4.31 Å². The van der Waals surface area contributed by atoms with E-state index >= 15 is 0 Å². The molecule has 2 heterocycles. The Bertz CT molecular complexity index is 701. The molecule has 0 saturated carbocycles. The second kappa shape index (κ2) is 9.17. The van der Waals surface area contributed by atoms with E-state index in [4.69, 9.17) is 0 Å². The Hall–Kier alpha value is -1.15. The van der Waals surface area contributed by atoms with Crippen LogP contribution in [0, 0.1) is 12.8 Å². The zero-order valence-corrected chi connectivity index (χ0v) is 16.8. The number of carbonyl (C=O) groups is 1. The third kappa shape index (κ3) is 4.76. The standard InChI is InChI=1S/C18H27N3O3S.ClH/c1-15-5-7-17(8-6-15)25(23,24)21-12-2-4-16(14-21)18(22)20-11-3-9-19-10-13-20;/h5-8,16,19H,2-4,9-14H2,1H3;1H. The number of amides is 1. The molecule has 1 amide bonds. The molecule has 0 spiro atoms. The van der Waals surface area contributed by atoms with Crippen LogP contribution in [0.2, 0.25) is 0 Å². The van der Waals surface area contributed by atoms with Crippen LogP contribution in [-0.2, 0) is 14.8 Å². The Labute approximate surface area is 162 Å². The molecule has 0 aromatic heterocycles. The Balaban J connectivity index is 0.00000243. The normalized spacial score (nSPS) is 22.3. The van der Waals surface area contributed by atoms with Crippen LogP contribution in [-0.4, -0.2) is 62.8 Å². The molecule has 2 saturated heterocycles. The van der Waals surface area contributed by atoms with Crippen LogP contribution < -0.4 is 5.32 Å². The van der Waals surface area contributed by atoms with Gasteiger partial charge in [-0.05, 0) is 44.9 Å². The lowest BCUT2D eigenvalue weighted by Crippen LogP contribution is -2.47. The number of halogens is 1. The average molecular weight is 402 g/mol. The van der Waals surface area contributed by atoms with Crippen LogP contribution >= 0.6 is 12.4 Å². The number of aryl methyl sites for hydroxylation is 1. The number of rotatable bonds is 3. The molecule has 1 N–H and O–H groups in total. The summed E-state index contributed by atoms with van der Waals surface area (Å²) in [6, 6.07) is 6.92. The number of carbonyl (C=O) groups excluding carboxylic acids is 1. The lowest BCUT2D eigenvalue weighted by molar-refractivity contribution is -0.136. The van der Waals surface area contributed by atoms with E-state index in [-0.39, 0.29) is 24.2 Å². The molecule has 8 heteroatoms. The Morgan fingerprint density at radius 3 is 2.54 bits per heavy atom. The molecule has 0 aliphatic carbocycles. The van der Waals surface area contributed by atoms with Crippen molar-refractivity contribution in [2.24, 2.45) is 5.92 Å². The van der Waals surface area contributed by atoms with E-state index in [0.29, 0.717) is 24.5 Å². The van der Waals surface area contributed by atoms with Gasteiger partial charge < -0.3 is 10.2 Å². The summed E-state index contributed by atoms with van der Waals surface area (Å²) in [6.45, 7) is 5.92. The Morgan fingerprint density at radius 2 is 1.81 bits per heavy atom. The smallest absolute Gasteiger partial charge is 0.243 e. The number of hydrogen-bond acceptors (Lipinski definition) is 4. The molecular weight excluding hydrogens is 374 g/mol. The highest BCUT2D eigenvalue weighted by Crippen LogP contribution is 2.25. The SMILES string of the molecule is Cc1ccc(S(=O)(=O)N2CCCC(C(=O)N3CCCNCC3)C2)cc1.Cl. The van der Waals surface area contributed by atoms with Crippen molar-refractivity contribution in [3.63, 3.8) is 0 Å². The fourth-order valence-electron chi connectivity index (χ4n) is 3.55. The van der Waals surface area contributed by atoms with Crippen LogP contribution in [0.1, 0.15) is 24.8 Å². The van der Waals surface area contributed by atoms with Gasteiger partial charge in [-0.1, -0.05) is 17.7 Å². The van der Waals surface area contributed by atoms with Gasteiger partial charge >= 0.3 is 0 Å². The first-order chi connectivity index (χ1) is 12.0. The van der Waals surface area contributed by atoms with Gasteiger partial charge in [0.2, 0.25) is 15.9 Å². The highest BCUT2D eigenvalue weighted by atomic mass is 35.5. The molecular formula is C18H28ClN3O3S. The van der Waals surface area contributed by atoms with E-state index < -0.39 is 10.0 Å². The van der Waals surface area contributed by atoms with E-state index in [0.717, 1.165) is 44.5 Å². The molecule has 6 nitrogen and oxygen atoms in total. The molecule has 1 aromatic carbocycles. The zero-order chi connectivity index (χ0) is 17.9. The summed E-state index contributed by atoms with van der Waals surface area (Å²) in [5, 5.41) is 3.29. The molecule has 2 aliphatic heterocycles. The number of sulfonamides is 1. The fourth-order valence-corrected chi connectivity index (χ4v) is 5.07. The van der Waals surface area contributed by atoms with Crippen LogP contribution in [0.4, 0.5) is 0 Å². The Kier molecular flexibility index (Phi) is 7.46. The molecule has 146 valence electrons. The monoisotopic (exact) mass is 401 g/mol. The van der Waals surface area contributed by atoms with Crippen molar-refractivity contribution in [1.82, 2.24) is 14.5 Å². The summed E-state index contributed by atoms with van der Waals surface area (Å²) in [4.78, 5) is 15.0. The maximum absolute atomic E-state index is 12.9. The van der Waals surface area contributed by atoms with Gasteiger partial charge in [0.25, 0.3) is 0 Å². The summed E-state index contributed by atoms with van der Waals surface area (Å²) in [6.07, 6.45) is 2.44. The molecule has 1 atom stereocenters. The maximum Gasteiger partial charge on any atom is 0.243 e. The number of piperidine rings is 1. The van der Waals surface area contributed by atoms with E-state index in [1.54, 1.807) is 12.1 Å². The Morgan fingerprint density at radius 1 is 1.08 bits per heavy atom. The van der Waals surface area contributed by atoms with Crippen molar-refractivity contribution in [3.05, 3.63) is 29.8 Å². The van der Waals surface area contributed by atoms with Crippen molar-refractivity contribution < 1.29 is 13.2 Å². The van der Waals surface area contributed by atoms with Gasteiger partial charge in [0, 0.05) is 32.7 Å². The van der Waals surface area contributed by atoms with Crippen LogP contribution in [0.25, 0.3) is 0 Å². The number of nitrogens with zero attached hydrogens (tertiary/aromatic N) is 2. The quantitative estimate of drug-likeness (QED) is 0.835. The summed E-state index contributed by atoms with van der Waals surface area (Å²) < 4.78 is 27.3. The third-order valence-corrected chi connectivity index (χ3v) is 6.92. The summed E-state index contributed by atoms with van der Waals surface area (Å²) >= 11 is 0. The topological polar surface area (TPSA) is 69.7 Å². The van der Waals surface area contributed by atoms with Crippen molar-refractivity contribution >= 4 is 28.3 Å². The van der Waals surface area contributed by atoms with Gasteiger partial charge in [-0.25, -0.2) is 8.42 Å². The van der Waals surface area contributed by atoms with Crippen LogP contribution in [0.5, 0.6) is 0 Å². The molecule has 1 aromatic rings. The predicted molar refractivity (Wildman–Crippen MR) is 104 cm³/mol. The van der Waals surface area contributed by atoms with Crippen LogP contribution in [0.15, 0.2) is 29.2 Å². The van der Waals surface area contributed by atoms with E-state index in [9.17, 15) is 13.2 Å². The largest absolute Gasteiger partial charge is 0.341 e. The minimum Gasteiger partial charge on any atom is -0.341 e. The number of benzene rings is 1. The first-order valence-electron chi connectivity index (χ1n) is 9.05. The average Bonchev–Trinajstić information content (AvgIpc) is 2.91. The minimum absolute atomic E-state index is 0. The summed E-state index contributed by atoms with van der Waals surface area (Å²) in [5.41, 5.74) is 1.03. The van der Waals surface area contributed by atoms with Crippen LogP contribution in [0.3, 0.4) is 0 Å². The molecule has 1 unspecified atom stereocenters. The van der Waals surface area contributed by atoms with Gasteiger partial charge in [-0.15, -0.1) is 12.4 Å². The summed E-state index contributed by atoms with van der Waals surface area (Å²) in [5.74, 6) is -0.125. The molecule has 2 fully saturated rings. The van der Waals surface area contributed by atoms with E-state index in [1.807, 2.05) is 24.0 Å². The molecule has 0 radical (unpaired) electrons. The van der Waals surface area contributed by atoms with Crippen molar-refractivity contribution in [2.75, 3.05) is 39.3 Å². The number of hydrogen-bond donors (Lipinski definition) is 1. The van der Waals surface area contributed by atoms with E-state index in [1.165, 1.54) is 4.31 Å². The first-order valence-corrected chi connectivity index (χ1v) is 10.5. The van der Waals surface area contributed by atoms with Gasteiger partial charge in [-0.3, -0.25) is 4.79 Å². The maximum atomic E-state index is 12.9. The second-order valence-corrected chi connectivity index (χ2v) is 8.88. The molecule has 26 heavy (non-hydrogen) atoms. The first kappa shape index (κ1) is 21.2. The van der Waals surface area contributed by atoms with Crippen molar-refractivity contribution in [3.8, 4) is 0 Å². The molecule has 0 bridgehead atoms. The fraction of sp³-hybridized carbons (Fsp3) is 0.611.